The van der Waals surface area contributed by atoms with Crippen LogP contribution in [-0.2, 0) is 25.5 Å². The number of halogens is 2. The van der Waals surface area contributed by atoms with Gasteiger partial charge in [0.25, 0.3) is 5.91 Å². The molecule has 270 valence electrons. The summed E-state index contributed by atoms with van der Waals surface area (Å²) in [4.78, 5) is 47.2. The van der Waals surface area contributed by atoms with Gasteiger partial charge in [0, 0.05) is 50.1 Å². The molecule has 6 rings (SSSR count). The third-order valence-corrected chi connectivity index (χ3v) is 11.1. The molecule has 1 N–H and O–H groups in total. The second kappa shape index (κ2) is 15.5. The summed E-state index contributed by atoms with van der Waals surface area (Å²) < 4.78 is 33.8. The zero-order chi connectivity index (χ0) is 35.6. The van der Waals surface area contributed by atoms with Crippen LogP contribution in [0, 0.1) is 11.7 Å². The Bertz CT molecular complexity index is 1690. The van der Waals surface area contributed by atoms with Crippen molar-refractivity contribution in [3.63, 3.8) is 0 Å². The summed E-state index contributed by atoms with van der Waals surface area (Å²) >= 11 is 6.66. The third kappa shape index (κ3) is 7.34. The van der Waals surface area contributed by atoms with E-state index in [0.29, 0.717) is 75.0 Å². The number of rotatable bonds is 11. The summed E-state index contributed by atoms with van der Waals surface area (Å²) in [5, 5.41) is 3.45. The van der Waals surface area contributed by atoms with Crippen molar-refractivity contribution in [2.45, 2.75) is 89.8 Å². The SMILES string of the molecule is CCOC(=O)C1CCC(OC(C(=O)Cc2cc(Cl)c(NC(=O)c3coc4ccccc34)cc2F)(N2CCCC2)N2C[C@H](C)N(C)[C@@H](C)C2)CC1. The molecule has 1 aliphatic carbocycles. The van der Waals surface area contributed by atoms with Gasteiger partial charge >= 0.3 is 5.97 Å². The second-order valence-corrected chi connectivity index (χ2v) is 14.4. The minimum Gasteiger partial charge on any atom is -0.466 e. The first-order valence-corrected chi connectivity index (χ1v) is 18.2. The Balaban J connectivity index is 1.28. The van der Waals surface area contributed by atoms with Crippen molar-refractivity contribution < 1.29 is 32.7 Å². The highest BCUT2D eigenvalue weighted by Gasteiger charge is 2.54. The number of likely N-dealkylation sites (tertiary alicyclic amines) is 1. The molecule has 1 saturated carbocycles. The molecule has 3 atom stereocenters. The predicted octanol–water partition coefficient (Wildman–Crippen LogP) is 6.50. The van der Waals surface area contributed by atoms with E-state index in [1.165, 1.54) is 18.4 Å². The molecule has 3 heterocycles. The minimum absolute atomic E-state index is 0.0952. The average Bonchev–Trinajstić information content (AvgIpc) is 3.80. The van der Waals surface area contributed by atoms with Gasteiger partial charge in [0.05, 0.1) is 34.9 Å². The number of nitrogens with one attached hydrogen (secondary N) is 1. The van der Waals surface area contributed by atoms with E-state index in [-0.39, 0.29) is 58.6 Å². The number of ketones is 1. The molecule has 0 radical (unpaired) electrons. The van der Waals surface area contributed by atoms with Gasteiger partial charge in [-0.05, 0) is 90.1 Å². The van der Waals surface area contributed by atoms with E-state index < -0.39 is 17.6 Å². The van der Waals surface area contributed by atoms with Crippen molar-refractivity contribution in [3.05, 3.63) is 64.6 Å². The van der Waals surface area contributed by atoms with Crippen LogP contribution in [0.5, 0.6) is 0 Å². The van der Waals surface area contributed by atoms with Gasteiger partial charge in [0.1, 0.15) is 17.7 Å². The molecule has 0 spiro atoms. The number of anilines is 1. The number of hydrogen-bond acceptors (Lipinski definition) is 9. The first-order valence-electron chi connectivity index (χ1n) is 17.9. The number of hydrogen-bond donors (Lipinski definition) is 1. The number of carbonyl (C=O) groups is 3. The van der Waals surface area contributed by atoms with E-state index in [4.69, 9.17) is 25.5 Å². The molecule has 3 aliphatic rings. The van der Waals surface area contributed by atoms with E-state index in [2.05, 4.69) is 40.9 Å². The monoisotopic (exact) mass is 710 g/mol. The van der Waals surface area contributed by atoms with Crippen LogP contribution in [0.15, 0.2) is 47.1 Å². The number of nitrogens with zero attached hydrogens (tertiary/aromatic N) is 3. The lowest BCUT2D eigenvalue weighted by atomic mass is 9.87. The van der Waals surface area contributed by atoms with Crippen LogP contribution in [0.3, 0.4) is 0 Å². The maximum atomic E-state index is 16.0. The molecule has 2 aromatic carbocycles. The van der Waals surface area contributed by atoms with Crippen LogP contribution >= 0.6 is 11.6 Å². The van der Waals surface area contributed by atoms with E-state index in [9.17, 15) is 14.4 Å². The smallest absolute Gasteiger partial charge is 0.308 e. The van der Waals surface area contributed by atoms with Crippen molar-refractivity contribution in [1.29, 1.82) is 0 Å². The number of benzene rings is 2. The summed E-state index contributed by atoms with van der Waals surface area (Å²) in [7, 11) is 2.09. The number of para-hydroxylation sites is 1. The number of likely N-dealkylation sites (N-methyl/N-ethyl adjacent to an activating group) is 1. The number of amides is 1. The molecule has 0 bridgehead atoms. The second-order valence-electron chi connectivity index (χ2n) is 14.0. The summed E-state index contributed by atoms with van der Waals surface area (Å²) in [5.41, 5.74) is 1.08. The molecule has 2 aliphatic heterocycles. The fraction of sp³-hybridized carbons (Fsp3) is 0.553. The lowest BCUT2D eigenvalue weighted by molar-refractivity contribution is -0.265. The minimum atomic E-state index is -1.42. The molecule has 3 aromatic rings. The number of fused-ring (bicyclic) bond motifs is 1. The molecule has 1 aromatic heterocycles. The fourth-order valence-corrected chi connectivity index (χ4v) is 8.03. The molecule has 3 fully saturated rings. The molecule has 1 amide bonds. The van der Waals surface area contributed by atoms with E-state index in [1.807, 2.05) is 13.0 Å². The highest BCUT2D eigenvalue weighted by Crippen LogP contribution is 2.38. The van der Waals surface area contributed by atoms with Crippen LogP contribution in [0.2, 0.25) is 5.02 Å². The van der Waals surface area contributed by atoms with Crippen molar-refractivity contribution in [2.75, 3.05) is 45.2 Å². The van der Waals surface area contributed by atoms with Crippen LogP contribution < -0.4 is 5.32 Å². The van der Waals surface area contributed by atoms with E-state index in [0.717, 1.165) is 12.8 Å². The molecule has 10 nitrogen and oxygen atoms in total. The van der Waals surface area contributed by atoms with Gasteiger partial charge < -0.3 is 19.2 Å². The summed E-state index contributed by atoms with van der Waals surface area (Å²) in [6, 6.07) is 10.0. The van der Waals surface area contributed by atoms with E-state index >= 15 is 4.39 Å². The summed E-state index contributed by atoms with van der Waals surface area (Å²) in [6.45, 7) is 8.99. The molecule has 1 unspecified atom stereocenters. The van der Waals surface area contributed by atoms with Crippen molar-refractivity contribution in [1.82, 2.24) is 14.7 Å². The first-order chi connectivity index (χ1) is 24.0. The molecule has 12 heteroatoms. The third-order valence-electron chi connectivity index (χ3n) is 10.8. The highest BCUT2D eigenvalue weighted by atomic mass is 35.5. The largest absolute Gasteiger partial charge is 0.466 e. The van der Waals surface area contributed by atoms with Gasteiger partial charge in [-0.2, -0.15) is 0 Å². The topological polar surface area (TPSA) is 105 Å². The predicted molar refractivity (Wildman–Crippen MR) is 190 cm³/mol. The fourth-order valence-electron chi connectivity index (χ4n) is 7.80. The zero-order valence-corrected chi connectivity index (χ0v) is 30.1. The number of carbonyl (C=O) groups excluding carboxylic acids is 3. The maximum Gasteiger partial charge on any atom is 0.308 e. The zero-order valence-electron chi connectivity index (χ0n) is 29.4. The Labute approximate surface area is 298 Å². The lowest BCUT2D eigenvalue weighted by Gasteiger charge is -2.54. The highest BCUT2D eigenvalue weighted by molar-refractivity contribution is 6.34. The molecule has 2 saturated heterocycles. The Kier molecular flexibility index (Phi) is 11.3. The lowest BCUT2D eigenvalue weighted by Crippen LogP contribution is -2.72. The quantitative estimate of drug-likeness (QED) is 0.223. The van der Waals surface area contributed by atoms with Gasteiger partial charge in [-0.1, -0.05) is 29.8 Å². The van der Waals surface area contributed by atoms with Gasteiger partial charge in [0.15, 0.2) is 5.78 Å². The van der Waals surface area contributed by atoms with Gasteiger partial charge in [-0.25, -0.2) is 4.39 Å². The van der Waals surface area contributed by atoms with Gasteiger partial charge in [0.2, 0.25) is 5.85 Å². The normalized spacial score (nSPS) is 25.0. The van der Waals surface area contributed by atoms with E-state index in [1.54, 1.807) is 18.2 Å². The number of ether oxygens (including phenoxy) is 2. The number of piperazine rings is 1. The van der Waals surface area contributed by atoms with Crippen LogP contribution in [0.4, 0.5) is 10.1 Å². The van der Waals surface area contributed by atoms with Crippen LogP contribution in [0.1, 0.15) is 75.2 Å². The van der Waals surface area contributed by atoms with Crippen molar-refractivity contribution >= 4 is 45.9 Å². The van der Waals surface area contributed by atoms with Crippen LogP contribution in [0.25, 0.3) is 11.0 Å². The number of furan rings is 1. The standard InChI is InChI=1S/C38H48ClFN4O6/c1-5-48-37(47)26-12-14-28(15-13-26)50-38(43-16-8-9-17-43,44-21-24(2)42(4)25(3)22-44)35(45)19-27-18-31(39)33(20-32(27)40)41-36(46)30-23-49-34-11-7-6-10-29(30)34/h6-7,10-11,18,20,23-26,28H,5,8-9,12-17,19,21-22H2,1-4H3,(H,41,46)/t24-,25-,26?,28?,38?/m0/s1. The Morgan fingerprint density at radius 1 is 1.02 bits per heavy atom. The average molecular weight is 711 g/mol. The van der Waals surface area contributed by atoms with Crippen molar-refractivity contribution in [2.24, 2.45) is 5.92 Å². The summed E-state index contributed by atoms with van der Waals surface area (Å²) in [5.74, 6) is -3.18. The number of esters is 1. The molecular formula is C38H48ClFN4O6. The Morgan fingerprint density at radius 2 is 1.70 bits per heavy atom. The molecular weight excluding hydrogens is 663 g/mol. The maximum absolute atomic E-state index is 16.0. The van der Waals surface area contributed by atoms with Gasteiger partial charge in [-0.3, -0.25) is 29.1 Å². The Morgan fingerprint density at radius 3 is 2.38 bits per heavy atom. The Hall–Kier alpha value is -3.35. The summed E-state index contributed by atoms with van der Waals surface area (Å²) in [6.07, 6.45) is 5.16. The van der Waals surface area contributed by atoms with Crippen LogP contribution in [-0.4, -0.2) is 96.2 Å². The number of Topliss-reactive ketones (excluding diaryl/α,β-unsaturated/α-hetero) is 1. The van der Waals surface area contributed by atoms with Crippen molar-refractivity contribution in [3.8, 4) is 0 Å². The first kappa shape index (κ1) is 36.4. The molecule has 50 heavy (non-hydrogen) atoms. The van der Waals surface area contributed by atoms with Gasteiger partial charge in [-0.15, -0.1) is 0 Å².